The molecule has 0 radical (unpaired) electrons. The highest BCUT2D eigenvalue weighted by molar-refractivity contribution is 6.10. The highest BCUT2D eigenvalue weighted by Crippen LogP contribution is 2.54. The number of nitrogens with zero attached hydrogens (tertiary/aromatic N) is 5. The van der Waals surface area contributed by atoms with Gasteiger partial charge in [0.15, 0.2) is 5.65 Å². The summed E-state index contributed by atoms with van der Waals surface area (Å²) < 4.78 is 6.99. The lowest BCUT2D eigenvalue weighted by molar-refractivity contribution is 0.660. The maximum atomic E-state index is 5.54. The van der Waals surface area contributed by atoms with Crippen molar-refractivity contribution in [1.29, 1.82) is 0 Å². The Morgan fingerprint density at radius 3 is 1.90 bits per heavy atom. The molecule has 3 heterocycles. The summed E-state index contributed by atoms with van der Waals surface area (Å²) >= 11 is 0. The third-order valence-corrected chi connectivity index (χ3v) is 12.4. The Labute approximate surface area is 342 Å². The van der Waals surface area contributed by atoms with Crippen LogP contribution >= 0.6 is 0 Å². The zero-order valence-electron chi connectivity index (χ0n) is 32.8. The molecule has 1 aliphatic carbocycles. The second-order valence-electron chi connectivity index (χ2n) is 16.1. The van der Waals surface area contributed by atoms with Gasteiger partial charge in [0, 0.05) is 39.1 Å². The highest BCUT2D eigenvalue weighted by atomic mass is 15.3. The topological polar surface area (TPSA) is 30.4 Å². The van der Waals surface area contributed by atoms with Gasteiger partial charge in [0.25, 0.3) is 0 Å². The van der Waals surface area contributed by atoms with Gasteiger partial charge in [-0.05, 0) is 94.5 Å². The molecule has 0 unspecified atom stereocenters. The van der Waals surface area contributed by atoms with Crippen molar-refractivity contribution in [2.75, 3.05) is 4.90 Å². The molecule has 0 aliphatic heterocycles. The minimum Gasteiger partial charge on any atom is -0.310 e. The molecule has 280 valence electrons. The monoisotopic (exact) mass is 757 g/mol. The Bertz CT molecular complexity index is 3410. The number of hydrogen-bond acceptors (Lipinski definition) is 2. The molecule has 0 bridgehead atoms. The van der Waals surface area contributed by atoms with Gasteiger partial charge in [0.2, 0.25) is 5.78 Å². The van der Waals surface area contributed by atoms with Gasteiger partial charge >= 0.3 is 0 Å². The standard InChI is InChI=1S/C54H39N5/c1-54(2)44-28-14-12-26-42(44)50-45(54)29-17-31-48(50)56(40-25-16-20-37(34-40)36-18-6-3-7-19-36)41-32-33-47-49(35-41)58(39-23-10-5-11-24-39)53-55-52-51(59(47)53)43-27-13-15-30-46(43)57(52)38-21-8-4-9-22-38/h3-35H,1-2H3. The molecule has 0 spiro atoms. The first-order valence-corrected chi connectivity index (χ1v) is 20.3. The van der Waals surface area contributed by atoms with Crippen molar-refractivity contribution in [2.24, 2.45) is 0 Å². The van der Waals surface area contributed by atoms with Crippen LogP contribution in [0.15, 0.2) is 200 Å². The van der Waals surface area contributed by atoms with Crippen LogP contribution in [-0.4, -0.2) is 18.5 Å². The van der Waals surface area contributed by atoms with Gasteiger partial charge in [-0.3, -0.25) is 13.5 Å². The fourth-order valence-electron chi connectivity index (χ4n) is 9.76. The van der Waals surface area contributed by atoms with Crippen molar-refractivity contribution in [2.45, 2.75) is 19.3 Å². The largest absolute Gasteiger partial charge is 0.310 e. The minimum absolute atomic E-state index is 0.138. The fourth-order valence-corrected chi connectivity index (χ4v) is 9.76. The van der Waals surface area contributed by atoms with E-state index in [2.05, 4.69) is 232 Å². The van der Waals surface area contributed by atoms with Gasteiger partial charge in [-0.15, -0.1) is 0 Å². The molecule has 11 aromatic rings. The van der Waals surface area contributed by atoms with Gasteiger partial charge in [0.1, 0.15) is 5.52 Å². The van der Waals surface area contributed by atoms with Gasteiger partial charge in [-0.25, -0.2) is 0 Å². The van der Waals surface area contributed by atoms with Crippen LogP contribution in [-0.2, 0) is 5.41 Å². The second-order valence-corrected chi connectivity index (χ2v) is 16.1. The van der Waals surface area contributed by atoms with Crippen LogP contribution in [0.5, 0.6) is 0 Å². The molecule has 0 amide bonds. The van der Waals surface area contributed by atoms with E-state index in [1.165, 1.54) is 33.4 Å². The van der Waals surface area contributed by atoms with Crippen LogP contribution in [0, 0.1) is 0 Å². The molecular weight excluding hydrogens is 719 g/mol. The third-order valence-electron chi connectivity index (χ3n) is 12.4. The van der Waals surface area contributed by atoms with Crippen molar-refractivity contribution in [3.8, 4) is 33.6 Å². The quantitative estimate of drug-likeness (QED) is 0.169. The third kappa shape index (κ3) is 4.88. The van der Waals surface area contributed by atoms with Crippen molar-refractivity contribution in [1.82, 2.24) is 18.5 Å². The molecule has 3 aromatic heterocycles. The summed E-state index contributed by atoms with van der Waals surface area (Å²) in [6, 6.07) is 72.2. The fraction of sp³-hybridized carbons (Fsp3) is 0.0556. The Morgan fingerprint density at radius 1 is 0.475 bits per heavy atom. The van der Waals surface area contributed by atoms with Crippen molar-refractivity contribution < 1.29 is 0 Å². The summed E-state index contributed by atoms with van der Waals surface area (Å²) in [5.41, 5.74) is 18.3. The van der Waals surface area contributed by atoms with Crippen molar-refractivity contribution >= 4 is 55.9 Å². The molecule has 59 heavy (non-hydrogen) atoms. The van der Waals surface area contributed by atoms with Crippen LogP contribution in [0.25, 0.3) is 72.5 Å². The Balaban J connectivity index is 1.17. The first-order chi connectivity index (χ1) is 29.1. The van der Waals surface area contributed by atoms with E-state index in [0.29, 0.717) is 0 Å². The van der Waals surface area contributed by atoms with E-state index in [1.54, 1.807) is 0 Å². The van der Waals surface area contributed by atoms with E-state index in [4.69, 9.17) is 4.98 Å². The lowest BCUT2D eigenvalue weighted by atomic mass is 9.82. The zero-order chi connectivity index (χ0) is 39.2. The summed E-state index contributed by atoms with van der Waals surface area (Å²) in [6.07, 6.45) is 0. The molecule has 0 atom stereocenters. The molecular formula is C54H39N5. The predicted molar refractivity (Wildman–Crippen MR) is 244 cm³/mol. The molecule has 5 heteroatoms. The number of imidazole rings is 2. The lowest BCUT2D eigenvalue weighted by Gasteiger charge is -2.29. The van der Waals surface area contributed by atoms with Gasteiger partial charge in [0.05, 0.1) is 22.2 Å². The number of benzene rings is 8. The molecule has 12 rings (SSSR count). The summed E-state index contributed by atoms with van der Waals surface area (Å²) in [7, 11) is 0. The maximum Gasteiger partial charge on any atom is 0.222 e. The van der Waals surface area contributed by atoms with Crippen LogP contribution < -0.4 is 4.90 Å². The summed E-state index contributed by atoms with van der Waals surface area (Å²) in [4.78, 5) is 8.00. The van der Waals surface area contributed by atoms with Crippen LogP contribution in [0.1, 0.15) is 25.0 Å². The number of para-hydroxylation sites is 3. The maximum absolute atomic E-state index is 5.54. The average Bonchev–Trinajstić information content (AvgIpc) is 3.98. The van der Waals surface area contributed by atoms with Gasteiger partial charge < -0.3 is 4.90 Å². The van der Waals surface area contributed by atoms with Gasteiger partial charge in [-0.2, -0.15) is 4.98 Å². The lowest BCUT2D eigenvalue weighted by Crippen LogP contribution is -2.16. The first kappa shape index (κ1) is 33.5. The Kier molecular flexibility index (Phi) is 7.20. The zero-order valence-corrected chi connectivity index (χ0v) is 32.8. The second kappa shape index (κ2) is 12.7. The molecule has 5 nitrogen and oxygen atoms in total. The smallest absolute Gasteiger partial charge is 0.222 e. The number of anilines is 3. The van der Waals surface area contributed by atoms with E-state index >= 15 is 0 Å². The Hall–Kier alpha value is -7.63. The first-order valence-electron chi connectivity index (χ1n) is 20.3. The number of fused-ring (bicyclic) bond motifs is 10. The molecule has 0 fully saturated rings. The summed E-state index contributed by atoms with van der Waals surface area (Å²) in [5.74, 6) is 0.873. The van der Waals surface area contributed by atoms with Gasteiger partial charge in [-0.1, -0.05) is 147 Å². The SMILES string of the molecule is CC1(C)c2ccccc2-c2c(N(c3cccc(-c4ccccc4)c3)c3ccc4c(c3)n(-c3ccccc3)c3nc5c(c6ccccc6n5-c5ccccc5)n43)cccc21. The normalized spacial score (nSPS) is 13.1. The molecule has 0 saturated heterocycles. The molecule has 0 N–H and O–H groups in total. The van der Waals surface area contributed by atoms with E-state index in [-0.39, 0.29) is 5.41 Å². The highest BCUT2D eigenvalue weighted by Gasteiger charge is 2.38. The average molecular weight is 758 g/mol. The molecule has 0 saturated carbocycles. The van der Waals surface area contributed by atoms with E-state index in [0.717, 1.165) is 67.3 Å². The van der Waals surface area contributed by atoms with Crippen LogP contribution in [0.2, 0.25) is 0 Å². The number of aromatic nitrogens is 4. The van der Waals surface area contributed by atoms with Crippen LogP contribution in [0.3, 0.4) is 0 Å². The van der Waals surface area contributed by atoms with E-state index < -0.39 is 0 Å². The Morgan fingerprint density at radius 2 is 1.10 bits per heavy atom. The number of rotatable bonds is 6. The van der Waals surface area contributed by atoms with E-state index in [9.17, 15) is 0 Å². The summed E-state index contributed by atoms with van der Waals surface area (Å²) in [6.45, 7) is 4.71. The van der Waals surface area contributed by atoms with Crippen molar-refractivity contribution in [3.63, 3.8) is 0 Å². The van der Waals surface area contributed by atoms with Crippen molar-refractivity contribution in [3.05, 3.63) is 211 Å². The molecule has 1 aliphatic rings. The summed E-state index contributed by atoms with van der Waals surface area (Å²) in [5, 5.41) is 1.16. The predicted octanol–water partition coefficient (Wildman–Crippen LogP) is 13.8. The number of hydrogen-bond donors (Lipinski definition) is 0. The van der Waals surface area contributed by atoms with E-state index in [1.807, 2.05) is 0 Å². The molecule has 8 aromatic carbocycles. The van der Waals surface area contributed by atoms with Crippen LogP contribution in [0.4, 0.5) is 17.1 Å². The minimum atomic E-state index is -0.138.